The fourth-order valence-corrected chi connectivity index (χ4v) is 4.75. The van der Waals surface area contributed by atoms with Gasteiger partial charge in [0.2, 0.25) is 5.91 Å². The Morgan fingerprint density at radius 2 is 1.62 bits per heavy atom. The number of rotatable bonds is 7. The normalized spacial score (nSPS) is 14.8. The topological polar surface area (TPSA) is 38.1 Å². The first-order chi connectivity index (χ1) is 14.3. The van der Waals surface area contributed by atoms with Crippen LogP contribution in [-0.2, 0) is 17.8 Å². The molecule has 3 aromatic rings. The second-order valence-electron chi connectivity index (χ2n) is 7.63. The van der Waals surface area contributed by atoms with Crippen molar-refractivity contribution in [1.29, 1.82) is 0 Å². The summed E-state index contributed by atoms with van der Waals surface area (Å²) < 4.78 is 2.11. The fraction of sp³-hybridized carbons (Fsp3) is 0.333. The average Bonchev–Trinajstić information content (AvgIpc) is 3.21. The van der Waals surface area contributed by atoms with Crippen LogP contribution in [0.25, 0.3) is 0 Å². The van der Waals surface area contributed by atoms with Gasteiger partial charge in [-0.3, -0.25) is 4.79 Å². The standard InChI is InChI=1S/C24H27N3OS/c28-23(26-14-11-21(12-15-26)17-20-7-3-1-4-8-20)19-29-24-25-13-16-27(24)18-22-9-5-2-6-10-22/h1-10,13,16,21H,11-12,14-15,17-19H2. The molecule has 0 spiro atoms. The van der Waals surface area contributed by atoms with Crippen LogP contribution in [0.15, 0.2) is 78.2 Å². The van der Waals surface area contributed by atoms with Gasteiger partial charge < -0.3 is 9.47 Å². The third kappa shape index (κ3) is 5.51. The maximum absolute atomic E-state index is 12.7. The van der Waals surface area contributed by atoms with Crippen molar-refractivity contribution in [2.75, 3.05) is 18.8 Å². The summed E-state index contributed by atoms with van der Waals surface area (Å²) >= 11 is 1.54. The molecule has 2 heterocycles. The molecule has 0 radical (unpaired) electrons. The molecule has 5 heteroatoms. The quantitative estimate of drug-likeness (QED) is 0.543. The van der Waals surface area contributed by atoms with Crippen LogP contribution in [0.2, 0.25) is 0 Å². The Balaban J connectivity index is 1.24. The van der Waals surface area contributed by atoms with E-state index in [0.717, 1.165) is 44.1 Å². The molecule has 4 rings (SSSR count). The highest BCUT2D eigenvalue weighted by Crippen LogP contribution is 2.23. The second kappa shape index (κ2) is 9.79. The van der Waals surface area contributed by atoms with E-state index in [2.05, 4.69) is 52.0 Å². The summed E-state index contributed by atoms with van der Waals surface area (Å²) in [6, 6.07) is 21.0. The van der Waals surface area contributed by atoms with Gasteiger partial charge in [0.05, 0.1) is 5.75 Å². The maximum Gasteiger partial charge on any atom is 0.233 e. The average molecular weight is 406 g/mol. The van der Waals surface area contributed by atoms with Crippen LogP contribution >= 0.6 is 11.8 Å². The predicted molar refractivity (Wildman–Crippen MR) is 118 cm³/mol. The number of aromatic nitrogens is 2. The molecule has 1 fully saturated rings. The molecule has 0 bridgehead atoms. The van der Waals surface area contributed by atoms with Crippen molar-refractivity contribution in [3.63, 3.8) is 0 Å². The molecular formula is C24H27N3OS. The minimum atomic E-state index is 0.224. The van der Waals surface area contributed by atoms with Gasteiger partial charge in [-0.2, -0.15) is 0 Å². The van der Waals surface area contributed by atoms with Crippen LogP contribution in [0.5, 0.6) is 0 Å². The lowest BCUT2D eigenvalue weighted by atomic mass is 9.90. The number of benzene rings is 2. The summed E-state index contributed by atoms with van der Waals surface area (Å²) in [6.07, 6.45) is 7.09. The lowest BCUT2D eigenvalue weighted by Gasteiger charge is -2.32. The zero-order valence-electron chi connectivity index (χ0n) is 16.6. The number of hydrogen-bond acceptors (Lipinski definition) is 3. The Bertz CT molecular complexity index is 902. The monoisotopic (exact) mass is 405 g/mol. The minimum absolute atomic E-state index is 0.224. The molecule has 1 aromatic heterocycles. The van der Waals surface area contributed by atoms with E-state index in [1.54, 1.807) is 0 Å². The van der Waals surface area contributed by atoms with Gasteiger partial charge in [-0.1, -0.05) is 72.4 Å². The first-order valence-electron chi connectivity index (χ1n) is 10.3. The van der Waals surface area contributed by atoms with E-state index < -0.39 is 0 Å². The van der Waals surface area contributed by atoms with Crippen LogP contribution in [-0.4, -0.2) is 39.2 Å². The Morgan fingerprint density at radius 1 is 0.966 bits per heavy atom. The SMILES string of the molecule is O=C(CSc1nccn1Cc1ccccc1)N1CCC(Cc2ccccc2)CC1. The van der Waals surface area contributed by atoms with Crippen LogP contribution in [0, 0.1) is 5.92 Å². The summed E-state index contributed by atoms with van der Waals surface area (Å²) in [5.74, 6) is 1.36. The molecule has 1 aliphatic rings. The van der Waals surface area contributed by atoms with E-state index in [-0.39, 0.29) is 5.91 Å². The summed E-state index contributed by atoms with van der Waals surface area (Å²) in [5, 5.41) is 0.904. The van der Waals surface area contributed by atoms with Gasteiger partial charge in [0.1, 0.15) is 0 Å². The van der Waals surface area contributed by atoms with Crippen molar-refractivity contribution in [3.8, 4) is 0 Å². The molecule has 0 saturated carbocycles. The number of hydrogen-bond donors (Lipinski definition) is 0. The van der Waals surface area contributed by atoms with Gasteiger partial charge in [0.15, 0.2) is 5.16 Å². The number of imidazole rings is 1. The van der Waals surface area contributed by atoms with E-state index in [4.69, 9.17) is 0 Å². The van der Waals surface area contributed by atoms with E-state index >= 15 is 0 Å². The van der Waals surface area contributed by atoms with Crippen molar-refractivity contribution in [1.82, 2.24) is 14.5 Å². The third-order valence-electron chi connectivity index (χ3n) is 5.53. The highest BCUT2D eigenvalue weighted by atomic mass is 32.2. The van der Waals surface area contributed by atoms with Gasteiger partial charge in [0, 0.05) is 32.0 Å². The lowest BCUT2D eigenvalue weighted by Crippen LogP contribution is -2.39. The summed E-state index contributed by atoms with van der Waals surface area (Å²) in [7, 11) is 0. The summed E-state index contributed by atoms with van der Waals surface area (Å²) in [6.45, 7) is 2.52. The van der Waals surface area contributed by atoms with E-state index in [9.17, 15) is 4.79 Å². The highest BCUT2D eigenvalue weighted by Gasteiger charge is 2.23. The zero-order chi connectivity index (χ0) is 19.9. The van der Waals surface area contributed by atoms with Crippen LogP contribution in [0.1, 0.15) is 24.0 Å². The number of amides is 1. The fourth-order valence-electron chi connectivity index (χ4n) is 3.89. The highest BCUT2D eigenvalue weighted by molar-refractivity contribution is 7.99. The zero-order valence-corrected chi connectivity index (χ0v) is 17.4. The van der Waals surface area contributed by atoms with Gasteiger partial charge in [-0.15, -0.1) is 0 Å². The second-order valence-corrected chi connectivity index (χ2v) is 8.57. The molecule has 0 aliphatic carbocycles. The summed E-state index contributed by atoms with van der Waals surface area (Å²) in [4.78, 5) is 19.2. The predicted octanol–water partition coefficient (Wildman–Crippen LogP) is 4.50. The molecule has 0 atom stereocenters. The smallest absolute Gasteiger partial charge is 0.233 e. The van der Waals surface area contributed by atoms with Crippen molar-refractivity contribution in [3.05, 3.63) is 84.2 Å². The number of likely N-dealkylation sites (tertiary alicyclic amines) is 1. The number of thioether (sulfide) groups is 1. The molecule has 4 nitrogen and oxygen atoms in total. The number of piperidine rings is 1. The minimum Gasteiger partial charge on any atom is -0.342 e. The molecule has 0 unspecified atom stereocenters. The Morgan fingerprint density at radius 3 is 2.31 bits per heavy atom. The molecular weight excluding hydrogens is 378 g/mol. The molecule has 1 aliphatic heterocycles. The largest absolute Gasteiger partial charge is 0.342 e. The molecule has 2 aromatic carbocycles. The Labute approximate surface area is 177 Å². The molecule has 1 amide bonds. The molecule has 0 N–H and O–H groups in total. The van der Waals surface area contributed by atoms with Gasteiger partial charge in [-0.25, -0.2) is 4.98 Å². The summed E-state index contributed by atoms with van der Waals surface area (Å²) in [5.41, 5.74) is 2.64. The molecule has 150 valence electrons. The van der Waals surface area contributed by atoms with E-state index in [0.29, 0.717) is 11.7 Å². The van der Waals surface area contributed by atoms with Crippen molar-refractivity contribution in [2.45, 2.75) is 31.0 Å². The van der Waals surface area contributed by atoms with E-state index in [1.165, 1.54) is 22.9 Å². The first-order valence-corrected chi connectivity index (χ1v) is 11.3. The van der Waals surface area contributed by atoms with Crippen molar-refractivity contribution in [2.24, 2.45) is 5.92 Å². The van der Waals surface area contributed by atoms with Gasteiger partial charge >= 0.3 is 0 Å². The van der Waals surface area contributed by atoms with Crippen molar-refractivity contribution < 1.29 is 4.79 Å². The number of nitrogens with zero attached hydrogens (tertiary/aromatic N) is 3. The van der Waals surface area contributed by atoms with Crippen LogP contribution < -0.4 is 0 Å². The Hall–Kier alpha value is -2.53. The van der Waals surface area contributed by atoms with Crippen LogP contribution in [0.4, 0.5) is 0 Å². The Kier molecular flexibility index (Phi) is 6.67. The van der Waals surface area contributed by atoms with Crippen molar-refractivity contribution >= 4 is 17.7 Å². The molecule has 1 saturated heterocycles. The van der Waals surface area contributed by atoms with Gasteiger partial charge in [-0.05, 0) is 36.3 Å². The van der Waals surface area contributed by atoms with Crippen LogP contribution in [0.3, 0.4) is 0 Å². The molecule has 29 heavy (non-hydrogen) atoms. The third-order valence-corrected chi connectivity index (χ3v) is 6.52. The maximum atomic E-state index is 12.7. The van der Waals surface area contributed by atoms with Gasteiger partial charge in [0.25, 0.3) is 0 Å². The number of carbonyl (C=O) groups is 1. The lowest BCUT2D eigenvalue weighted by molar-refractivity contribution is -0.129. The number of carbonyl (C=O) groups excluding carboxylic acids is 1. The van der Waals surface area contributed by atoms with E-state index in [1.807, 2.05) is 35.5 Å². The first kappa shape index (κ1) is 19.8.